The van der Waals surface area contributed by atoms with Crippen molar-refractivity contribution in [3.8, 4) is 0 Å². The zero-order valence-corrected chi connectivity index (χ0v) is 14.9. The van der Waals surface area contributed by atoms with Gasteiger partial charge in [0.15, 0.2) is 0 Å². The van der Waals surface area contributed by atoms with Crippen LogP contribution in [0.2, 0.25) is 0 Å². The van der Waals surface area contributed by atoms with Gasteiger partial charge in [-0.25, -0.2) is 4.39 Å². The lowest BCUT2D eigenvalue weighted by molar-refractivity contribution is -0.0395. The Morgan fingerprint density at radius 3 is 2.39 bits per heavy atom. The highest BCUT2D eigenvalue weighted by Crippen LogP contribution is 2.46. The Balaban J connectivity index is 1.65. The van der Waals surface area contributed by atoms with Gasteiger partial charge in [-0.05, 0) is 56.9 Å². The van der Waals surface area contributed by atoms with Crippen molar-refractivity contribution in [2.24, 2.45) is 29.6 Å². The van der Waals surface area contributed by atoms with Crippen molar-refractivity contribution >= 4 is 0 Å². The Labute approximate surface area is 141 Å². The quantitative estimate of drug-likeness (QED) is 0.789. The van der Waals surface area contributed by atoms with Crippen molar-refractivity contribution in [3.05, 3.63) is 0 Å². The van der Waals surface area contributed by atoms with E-state index in [0.717, 1.165) is 37.6 Å². The normalized spacial score (nSPS) is 41.1. The van der Waals surface area contributed by atoms with E-state index in [9.17, 15) is 9.50 Å². The first-order valence-electron chi connectivity index (χ1n) is 10.2. The van der Waals surface area contributed by atoms with Gasteiger partial charge in [0.05, 0.1) is 6.10 Å². The number of halogens is 1. The Kier molecular flexibility index (Phi) is 6.37. The highest BCUT2D eigenvalue weighted by Gasteiger charge is 2.41. The van der Waals surface area contributed by atoms with Crippen molar-refractivity contribution in [3.63, 3.8) is 0 Å². The molecule has 3 aliphatic carbocycles. The Morgan fingerprint density at radius 2 is 1.65 bits per heavy atom. The number of fused-ring (bicyclic) bond motifs is 1. The number of alkyl halides is 1. The lowest BCUT2D eigenvalue weighted by Gasteiger charge is -2.45. The molecule has 0 aromatic heterocycles. The van der Waals surface area contributed by atoms with Gasteiger partial charge in [-0.15, -0.1) is 0 Å². The van der Waals surface area contributed by atoms with Crippen LogP contribution in [0.3, 0.4) is 0 Å². The minimum atomic E-state index is -0.788. The van der Waals surface area contributed by atoms with Crippen LogP contribution in [0.25, 0.3) is 0 Å². The molecule has 0 amide bonds. The summed E-state index contributed by atoms with van der Waals surface area (Å²) in [4.78, 5) is 0. The minimum absolute atomic E-state index is 0.119. The van der Waals surface area contributed by atoms with Crippen molar-refractivity contribution in [1.82, 2.24) is 5.32 Å². The van der Waals surface area contributed by atoms with Gasteiger partial charge in [-0.2, -0.15) is 0 Å². The van der Waals surface area contributed by atoms with Gasteiger partial charge in [0.2, 0.25) is 0 Å². The highest BCUT2D eigenvalue weighted by molar-refractivity contribution is 4.92. The molecule has 0 aromatic carbocycles. The van der Waals surface area contributed by atoms with Crippen molar-refractivity contribution in [2.45, 2.75) is 82.9 Å². The zero-order chi connectivity index (χ0) is 16.2. The van der Waals surface area contributed by atoms with E-state index >= 15 is 0 Å². The minimum Gasteiger partial charge on any atom is -0.392 e. The first-order chi connectivity index (χ1) is 11.2. The molecule has 5 unspecified atom stereocenters. The fraction of sp³-hybridized carbons (Fsp3) is 1.00. The third-order valence-corrected chi connectivity index (χ3v) is 7.23. The molecule has 134 valence electrons. The number of hydrogen-bond acceptors (Lipinski definition) is 2. The highest BCUT2D eigenvalue weighted by atomic mass is 19.1. The van der Waals surface area contributed by atoms with Crippen LogP contribution in [-0.2, 0) is 0 Å². The molecule has 3 rings (SSSR count). The fourth-order valence-electron chi connectivity index (χ4n) is 5.92. The number of aliphatic hydroxyl groups excluding tert-OH is 1. The molecule has 7 atom stereocenters. The average molecular weight is 326 g/mol. The number of hydrogen-bond donors (Lipinski definition) is 2. The second-order valence-electron chi connectivity index (χ2n) is 8.55. The van der Waals surface area contributed by atoms with Crippen LogP contribution >= 0.6 is 0 Å². The molecule has 2 nitrogen and oxygen atoms in total. The standard InChI is InChI=1S/C20H36FNO/c1-22-13-18(20(23)17-8-4-5-9-19(17)21)16-11-10-14-6-2-3-7-15(14)12-16/h14-20,22-23H,2-13H2,1H3/t14?,15?,16?,17?,18-,19?,20+/m0/s1. The molecule has 3 fully saturated rings. The molecule has 3 heteroatoms. The largest absolute Gasteiger partial charge is 0.392 e. The lowest BCUT2D eigenvalue weighted by atomic mass is 9.63. The summed E-state index contributed by atoms with van der Waals surface area (Å²) in [5.74, 6) is 2.53. The number of aliphatic hydroxyl groups is 1. The summed E-state index contributed by atoms with van der Waals surface area (Å²) in [7, 11) is 1.97. The predicted octanol–water partition coefficient (Wildman–Crippen LogP) is 4.32. The van der Waals surface area contributed by atoms with Crippen molar-refractivity contribution in [2.75, 3.05) is 13.6 Å². The summed E-state index contributed by atoms with van der Waals surface area (Å²) in [5.41, 5.74) is 0. The summed E-state index contributed by atoms with van der Waals surface area (Å²) in [6, 6.07) is 0. The van der Waals surface area contributed by atoms with Crippen LogP contribution < -0.4 is 5.32 Å². The molecule has 0 spiro atoms. The van der Waals surface area contributed by atoms with E-state index in [1.54, 1.807) is 0 Å². The van der Waals surface area contributed by atoms with Crippen LogP contribution in [0.15, 0.2) is 0 Å². The SMILES string of the molecule is CNC[C@@H](C1CCC2CCCCC2C1)[C@H](O)C1CCCCC1F. The third-order valence-electron chi connectivity index (χ3n) is 7.23. The van der Waals surface area contributed by atoms with E-state index in [4.69, 9.17) is 0 Å². The van der Waals surface area contributed by atoms with Crippen molar-refractivity contribution in [1.29, 1.82) is 0 Å². The van der Waals surface area contributed by atoms with Gasteiger partial charge in [-0.3, -0.25) is 0 Å². The third kappa shape index (κ3) is 4.10. The average Bonchev–Trinajstić information content (AvgIpc) is 2.59. The molecular formula is C20H36FNO. The van der Waals surface area contributed by atoms with Crippen LogP contribution in [0.5, 0.6) is 0 Å². The molecule has 2 N–H and O–H groups in total. The van der Waals surface area contributed by atoms with Gasteiger partial charge in [0.1, 0.15) is 6.17 Å². The molecule has 0 radical (unpaired) electrons. The second-order valence-corrected chi connectivity index (χ2v) is 8.55. The van der Waals surface area contributed by atoms with Gasteiger partial charge in [-0.1, -0.05) is 38.5 Å². The monoisotopic (exact) mass is 325 g/mol. The molecular weight excluding hydrogens is 289 g/mol. The smallest absolute Gasteiger partial charge is 0.105 e. The molecule has 23 heavy (non-hydrogen) atoms. The maximum absolute atomic E-state index is 14.4. The number of nitrogens with one attached hydrogen (secondary N) is 1. The van der Waals surface area contributed by atoms with Crippen LogP contribution in [0.1, 0.15) is 70.6 Å². The summed E-state index contributed by atoms with van der Waals surface area (Å²) >= 11 is 0. The summed E-state index contributed by atoms with van der Waals surface area (Å²) in [6.07, 6.45) is 11.8. The van der Waals surface area contributed by atoms with Gasteiger partial charge >= 0.3 is 0 Å². The van der Waals surface area contributed by atoms with Crippen LogP contribution in [0, 0.1) is 29.6 Å². The maximum atomic E-state index is 14.4. The fourth-order valence-corrected chi connectivity index (χ4v) is 5.92. The van der Waals surface area contributed by atoms with Crippen molar-refractivity contribution < 1.29 is 9.50 Å². The molecule has 0 bridgehead atoms. The first-order valence-corrected chi connectivity index (χ1v) is 10.2. The molecule has 0 aliphatic heterocycles. The van der Waals surface area contributed by atoms with Gasteiger partial charge in [0, 0.05) is 18.4 Å². The Bertz CT molecular complexity index is 364. The van der Waals surface area contributed by atoms with E-state index in [1.807, 2.05) is 7.05 Å². The first kappa shape index (κ1) is 17.7. The van der Waals surface area contributed by atoms with E-state index in [0.29, 0.717) is 12.3 Å². The van der Waals surface area contributed by atoms with Crippen LogP contribution in [0.4, 0.5) is 4.39 Å². The predicted molar refractivity (Wildman–Crippen MR) is 93.1 cm³/mol. The van der Waals surface area contributed by atoms with E-state index in [-0.39, 0.29) is 11.8 Å². The zero-order valence-electron chi connectivity index (χ0n) is 14.9. The molecule has 3 aliphatic rings. The molecule has 0 heterocycles. The maximum Gasteiger partial charge on any atom is 0.105 e. The molecule has 0 saturated heterocycles. The van der Waals surface area contributed by atoms with E-state index in [2.05, 4.69) is 5.32 Å². The van der Waals surface area contributed by atoms with E-state index in [1.165, 1.54) is 44.9 Å². The van der Waals surface area contributed by atoms with E-state index < -0.39 is 12.3 Å². The summed E-state index contributed by atoms with van der Waals surface area (Å²) in [6.45, 7) is 0.840. The molecule has 0 aromatic rings. The van der Waals surface area contributed by atoms with Gasteiger partial charge < -0.3 is 10.4 Å². The van der Waals surface area contributed by atoms with Gasteiger partial charge in [0.25, 0.3) is 0 Å². The topological polar surface area (TPSA) is 32.3 Å². The second kappa shape index (κ2) is 8.29. The number of rotatable bonds is 5. The van der Waals surface area contributed by atoms with Crippen LogP contribution in [-0.4, -0.2) is 31.0 Å². The molecule has 3 saturated carbocycles. The summed E-state index contributed by atoms with van der Waals surface area (Å²) in [5, 5.41) is 14.3. The Morgan fingerprint density at radius 1 is 0.957 bits per heavy atom. The lowest BCUT2D eigenvalue weighted by Crippen LogP contribution is -2.45. The Hall–Kier alpha value is -0.150. The summed E-state index contributed by atoms with van der Waals surface area (Å²) < 4.78 is 14.4.